The largest absolute Gasteiger partial charge is 0.508 e. The zero-order valence-electron chi connectivity index (χ0n) is 21.6. The number of ether oxygens (including phenoxy) is 1. The van der Waals surface area contributed by atoms with E-state index in [1.54, 1.807) is 18.3 Å². The number of carboxylic acid groups (broad SMARTS) is 1. The van der Waals surface area contributed by atoms with Gasteiger partial charge in [-0.25, -0.2) is 14.8 Å². The molecule has 1 saturated heterocycles. The maximum atomic E-state index is 10.6. The van der Waals surface area contributed by atoms with Gasteiger partial charge in [0.05, 0.1) is 25.5 Å². The molecule has 1 aromatic carbocycles. The van der Waals surface area contributed by atoms with E-state index in [1.807, 2.05) is 31.2 Å². The van der Waals surface area contributed by atoms with Crippen LogP contribution >= 0.6 is 0 Å². The van der Waals surface area contributed by atoms with Crippen molar-refractivity contribution in [1.82, 2.24) is 15.0 Å². The van der Waals surface area contributed by atoms with Gasteiger partial charge in [0.1, 0.15) is 17.4 Å². The van der Waals surface area contributed by atoms with Gasteiger partial charge in [0.2, 0.25) is 5.95 Å². The summed E-state index contributed by atoms with van der Waals surface area (Å²) in [6.45, 7) is 5.47. The Balaban J connectivity index is 0.000000470. The Kier molecular flexibility index (Phi) is 8.90. The standard InChI is InChI=1S/C24H28N6O3.C2HF3O2/c1-16(15-31)26-21-14-18(5-7-25-21)30-8-6-20-22(17-3-2-4-19(32)13-17)27-24(28-23(20)30)29-9-11-33-12-10-29;3-2(4,5)1(6)7/h2-5,7,13-14,16,31-32H,6,8-12,15H2,1H3,(H,25,26);(H,6,7). The number of benzene rings is 1. The topological polar surface area (TPSA) is 144 Å². The van der Waals surface area contributed by atoms with Crippen LogP contribution in [-0.2, 0) is 16.0 Å². The highest BCUT2D eigenvalue weighted by molar-refractivity contribution is 5.78. The highest BCUT2D eigenvalue weighted by Gasteiger charge is 2.38. The SMILES string of the molecule is CC(CO)Nc1cc(N2CCc3c(-c4cccc(O)c4)nc(N4CCOCC4)nc32)ccn1.O=C(O)C(F)(F)F. The van der Waals surface area contributed by atoms with Gasteiger partial charge in [-0.05, 0) is 31.5 Å². The number of phenolic OH excluding ortho intramolecular Hbond substituents is 1. The normalized spacial score (nSPS) is 15.6. The third kappa shape index (κ3) is 6.87. The fourth-order valence-electron chi connectivity index (χ4n) is 4.26. The van der Waals surface area contributed by atoms with Gasteiger partial charge in [-0.3, -0.25) is 0 Å². The number of halogens is 3. The van der Waals surface area contributed by atoms with Crippen LogP contribution in [0.3, 0.4) is 0 Å². The van der Waals surface area contributed by atoms with Crippen LogP contribution in [0.1, 0.15) is 12.5 Å². The predicted molar refractivity (Wildman–Crippen MR) is 141 cm³/mol. The minimum Gasteiger partial charge on any atom is -0.508 e. The highest BCUT2D eigenvalue weighted by atomic mass is 19.4. The Morgan fingerprint density at radius 2 is 1.88 bits per heavy atom. The van der Waals surface area contributed by atoms with E-state index < -0.39 is 12.1 Å². The molecule has 4 heterocycles. The number of morpholine rings is 1. The summed E-state index contributed by atoms with van der Waals surface area (Å²) in [5, 5.41) is 29.8. The monoisotopic (exact) mass is 562 g/mol. The summed E-state index contributed by atoms with van der Waals surface area (Å²) in [6, 6.07) is 11.1. The number of nitrogens with zero attached hydrogens (tertiary/aromatic N) is 5. The summed E-state index contributed by atoms with van der Waals surface area (Å²) in [6.07, 6.45) is -2.53. The molecule has 0 bridgehead atoms. The number of hydrogen-bond donors (Lipinski definition) is 4. The quantitative estimate of drug-likeness (QED) is 0.352. The number of aliphatic hydroxyl groups is 1. The Morgan fingerprint density at radius 3 is 2.52 bits per heavy atom. The van der Waals surface area contributed by atoms with Crippen molar-refractivity contribution in [2.45, 2.75) is 25.6 Å². The molecule has 0 aliphatic carbocycles. The van der Waals surface area contributed by atoms with Gasteiger partial charge in [-0.1, -0.05) is 12.1 Å². The van der Waals surface area contributed by atoms with Crippen LogP contribution in [-0.4, -0.2) is 87.9 Å². The molecule has 11 nitrogen and oxygen atoms in total. The zero-order chi connectivity index (χ0) is 28.9. The molecule has 0 radical (unpaired) electrons. The lowest BCUT2D eigenvalue weighted by atomic mass is 10.1. The van der Waals surface area contributed by atoms with Crippen molar-refractivity contribution in [3.8, 4) is 17.0 Å². The number of anilines is 4. The van der Waals surface area contributed by atoms with Gasteiger partial charge in [0, 0.05) is 54.8 Å². The lowest BCUT2D eigenvalue weighted by Gasteiger charge is -2.28. The second kappa shape index (κ2) is 12.3. The third-order valence-corrected chi connectivity index (χ3v) is 6.19. The lowest BCUT2D eigenvalue weighted by Crippen LogP contribution is -2.37. The molecule has 1 atom stereocenters. The number of hydrogen-bond acceptors (Lipinski definition) is 10. The molecule has 5 rings (SSSR count). The third-order valence-electron chi connectivity index (χ3n) is 6.19. The molecule has 2 aliphatic rings. The summed E-state index contributed by atoms with van der Waals surface area (Å²) < 4.78 is 37.3. The average molecular weight is 563 g/mol. The number of carbonyl (C=O) groups is 1. The number of nitrogens with one attached hydrogen (secondary N) is 1. The van der Waals surface area contributed by atoms with Crippen molar-refractivity contribution >= 4 is 29.2 Å². The number of aliphatic hydroxyl groups excluding tert-OH is 1. The number of fused-ring (bicyclic) bond motifs is 1. The Hall–Kier alpha value is -4.17. The highest BCUT2D eigenvalue weighted by Crippen LogP contribution is 2.40. The summed E-state index contributed by atoms with van der Waals surface area (Å²) >= 11 is 0. The van der Waals surface area contributed by atoms with Gasteiger partial charge in [-0.15, -0.1) is 0 Å². The van der Waals surface area contributed by atoms with E-state index in [4.69, 9.17) is 24.6 Å². The second-order valence-corrected chi connectivity index (χ2v) is 9.16. The Labute approximate surface area is 227 Å². The maximum Gasteiger partial charge on any atom is 0.490 e. The van der Waals surface area contributed by atoms with E-state index >= 15 is 0 Å². The van der Waals surface area contributed by atoms with Crippen LogP contribution in [0, 0.1) is 0 Å². The summed E-state index contributed by atoms with van der Waals surface area (Å²) in [5.74, 6) is -0.294. The number of aliphatic carboxylic acids is 1. The van der Waals surface area contributed by atoms with Crippen molar-refractivity contribution in [3.63, 3.8) is 0 Å². The van der Waals surface area contributed by atoms with E-state index in [9.17, 15) is 23.4 Å². The Morgan fingerprint density at radius 1 is 1.15 bits per heavy atom. The number of aromatic hydroxyl groups is 1. The molecule has 214 valence electrons. The van der Waals surface area contributed by atoms with Crippen LogP contribution in [0.25, 0.3) is 11.3 Å². The molecule has 0 spiro atoms. The van der Waals surface area contributed by atoms with E-state index in [0.29, 0.717) is 25.0 Å². The first-order valence-electron chi connectivity index (χ1n) is 12.5. The summed E-state index contributed by atoms with van der Waals surface area (Å²) in [5.41, 5.74) is 3.76. The number of carboxylic acids is 1. The van der Waals surface area contributed by atoms with E-state index in [-0.39, 0.29) is 18.4 Å². The summed E-state index contributed by atoms with van der Waals surface area (Å²) in [4.78, 5) is 27.6. The van der Waals surface area contributed by atoms with Crippen molar-refractivity contribution in [3.05, 3.63) is 48.2 Å². The molecule has 1 fully saturated rings. The summed E-state index contributed by atoms with van der Waals surface area (Å²) in [7, 11) is 0. The predicted octanol–water partition coefficient (Wildman–Crippen LogP) is 3.20. The number of alkyl halides is 3. The van der Waals surface area contributed by atoms with Gasteiger partial charge in [0.15, 0.2) is 0 Å². The van der Waals surface area contributed by atoms with Crippen LogP contribution < -0.4 is 15.1 Å². The molecular weight excluding hydrogens is 533 g/mol. The second-order valence-electron chi connectivity index (χ2n) is 9.16. The number of rotatable bonds is 6. The van der Waals surface area contributed by atoms with Crippen molar-refractivity contribution in [2.75, 3.05) is 54.6 Å². The first-order chi connectivity index (χ1) is 19.1. The Bertz CT molecular complexity index is 1340. The minimum absolute atomic E-state index is 0.0296. The molecule has 0 amide bonds. The minimum atomic E-state index is -5.08. The van der Waals surface area contributed by atoms with Crippen molar-refractivity contribution in [2.24, 2.45) is 0 Å². The molecule has 1 unspecified atom stereocenters. The molecular formula is C26H29F3N6O5. The smallest absolute Gasteiger partial charge is 0.490 e. The first-order valence-corrected chi connectivity index (χ1v) is 12.5. The lowest BCUT2D eigenvalue weighted by molar-refractivity contribution is -0.192. The fourth-order valence-corrected chi connectivity index (χ4v) is 4.26. The molecule has 4 N–H and O–H groups in total. The van der Waals surface area contributed by atoms with Crippen LogP contribution in [0.5, 0.6) is 5.75 Å². The molecule has 14 heteroatoms. The number of pyridine rings is 1. The van der Waals surface area contributed by atoms with Gasteiger partial charge in [0.25, 0.3) is 0 Å². The van der Waals surface area contributed by atoms with Gasteiger partial charge in [-0.2, -0.15) is 18.2 Å². The fraction of sp³-hybridized carbons (Fsp3) is 0.385. The van der Waals surface area contributed by atoms with Crippen LogP contribution in [0.4, 0.5) is 36.4 Å². The first kappa shape index (κ1) is 28.8. The molecule has 2 aromatic heterocycles. The van der Waals surface area contributed by atoms with Crippen molar-refractivity contribution < 1.29 is 38.0 Å². The maximum absolute atomic E-state index is 10.6. The van der Waals surface area contributed by atoms with Crippen LogP contribution in [0.2, 0.25) is 0 Å². The van der Waals surface area contributed by atoms with Crippen molar-refractivity contribution in [1.29, 1.82) is 0 Å². The number of aromatic nitrogens is 3. The zero-order valence-corrected chi connectivity index (χ0v) is 21.6. The average Bonchev–Trinajstić information content (AvgIpc) is 3.37. The van der Waals surface area contributed by atoms with Gasteiger partial charge < -0.3 is 35.2 Å². The molecule has 2 aliphatic heterocycles. The van der Waals surface area contributed by atoms with E-state index in [1.165, 1.54) is 0 Å². The van der Waals surface area contributed by atoms with E-state index in [0.717, 1.165) is 54.4 Å². The molecule has 0 saturated carbocycles. The molecule has 40 heavy (non-hydrogen) atoms. The van der Waals surface area contributed by atoms with Gasteiger partial charge >= 0.3 is 12.1 Å². The van der Waals surface area contributed by atoms with Crippen LogP contribution in [0.15, 0.2) is 42.6 Å². The van der Waals surface area contributed by atoms with E-state index in [2.05, 4.69) is 20.1 Å². The number of phenols is 1. The molecule has 3 aromatic rings.